The van der Waals surface area contributed by atoms with Gasteiger partial charge in [0, 0.05) is 16.5 Å². The maximum atomic E-state index is 9.82. The Morgan fingerprint density at radius 1 is 1.04 bits per heavy atom. The molecule has 0 saturated heterocycles. The summed E-state index contributed by atoms with van der Waals surface area (Å²) in [5, 5.41) is 13.2. The number of nitriles is 1. The first kappa shape index (κ1) is 16.9. The summed E-state index contributed by atoms with van der Waals surface area (Å²) in [4.78, 5) is 9.44. The number of nitrogens with zero attached hydrogens (tertiary/aromatic N) is 4. The Kier molecular flexibility index (Phi) is 3.90. The van der Waals surface area contributed by atoms with E-state index in [1.54, 1.807) is 11.3 Å². The molecule has 4 nitrogen and oxygen atoms in total. The number of thiazole rings is 1. The summed E-state index contributed by atoms with van der Waals surface area (Å²) in [6, 6.07) is 20.1. The number of pyridine rings is 1. The Bertz CT molecular complexity index is 1390. The zero-order valence-corrected chi connectivity index (χ0v) is 16.4. The number of halogens is 1. The van der Waals surface area contributed by atoms with Crippen LogP contribution in [-0.4, -0.2) is 14.4 Å². The monoisotopic (exact) mass is 400 g/mol. The summed E-state index contributed by atoms with van der Waals surface area (Å²) < 4.78 is 1.85. The first-order valence-corrected chi connectivity index (χ1v) is 9.95. The van der Waals surface area contributed by atoms with Crippen molar-refractivity contribution in [2.75, 3.05) is 0 Å². The minimum absolute atomic E-state index is 0.518. The van der Waals surface area contributed by atoms with Crippen LogP contribution in [0.25, 0.3) is 38.5 Å². The van der Waals surface area contributed by atoms with Crippen molar-refractivity contribution in [1.29, 1.82) is 5.26 Å². The predicted molar refractivity (Wildman–Crippen MR) is 114 cm³/mol. The van der Waals surface area contributed by atoms with Gasteiger partial charge in [0.15, 0.2) is 5.65 Å². The molecule has 0 aliphatic carbocycles. The summed E-state index contributed by atoms with van der Waals surface area (Å²) in [5.41, 5.74) is 6.16. The van der Waals surface area contributed by atoms with Crippen molar-refractivity contribution in [3.63, 3.8) is 0 Å². The molecule has 0 N–H and O–H groups in total. The molecule has 0 aliphatic rings. The molecule has 134 valence electrons. The number of para-hydroxylation sites is 2. The zero-order chi connectivity index (χ0) is 19.3. The van der Waals surface area contributed by atoms with Crippen molar-refractivity contribution >= 4 is 39.6 Å². The van der Waals surface area contributed by atoms with Crippen LogP contribution in [0.5, 0.6) is 0 Å². The number of hydrogen-bond donors (Lipinski definition) is 0. The van der Waals surface area contributed by atoms with Crippen molar-refractivity contribution in [1.82, 2.24) is 14.4 Å². The molecule has 28 heavy (non-hydrogen) atoms. The second-order valence-corrected chi connectivity index (χ2v) is 7.66. The SMILES string of the molecule is Cc1c(-c2csc(-c3ccccc3)n2)c(Cl)n2c(nc3ccccc32)c1C#N. The van der Waals surface area contributed by atoms with E-state index < -0.39 is 0 Å². The highest BCUT2D eigenvalue weighted by Crippen LogP contribution is 2.38. The van der Waals surface area contributed by atoms with E-state index in [0.717, 1.165) is 38.4 Å². The van der Waals surface area contributed by atoms with Gasteiger partial charge in [-0.15, -0.1) is 11.3 Å². The molecule has 0 saturated carbocycles. The van der Waals surface area contributed by atoms with Crippen LogP contribution in [0.15, 0.2) is 60.0 Å². The van der Waals surface area contributed by atoms with Gasteiger partial charge in [0.1, 0.15) is 16.2 Å². The average Bonchev–Trinajstić information content (AvgIpc) is 3.34. The van der Waals surface area contributed by atoms with E-state index in [-0.39, 0.29) is 0 Å². The van der Waals surface area contributed by atoms with E-state index >= 15 is 0 Å². The van der Waals surface area contributed by atoms with Gasteiger partial charge in [-0.25, -0.2) is 9.97 Å². The Labute approximate surface area is 170 Å². The van der Waals surface area contributed by atoms with Crippen LogP contribution in [0.3, 0.4) is 0 Å². The van der Waals surface area contributed by atoms with Gasteiger partial charge in [0.2, 0.25) is 0 Å². The third-order valence-electron chi connectivity index (χ3n) is 4.83. The van der Waals surface area contributed by atoms with E-state index in [9.17, 15) is 5.26 Å². The van der Waals surface area contributed by atoms with Gasteiger partial charge in [0.25, 0.3) is 0 Å². The van der Waals surface area contributed by atoms with Gasteiger partial charge in [-0.3, -0.25) is 4.40 Å². The van der Waals surface area contributed by atoms with E-state index in [0.29, 0.717) is 16.4 Å². The van der Waals surface area contributed by atoms with Gasteiger partial charge in [-0.2, -0.15) is 5.26 Å². The summed E-state index contributed by atoms with van der Waals surface area (Å²) >= 11 is 8.43. The molecule has 6 heteroatoms. The first-order chi connectivity index (χ1) is 13.7. The number of aromatic nitrogens is 3. The standard InChI is InChI=1S/C22H13ClN4S/c1-13-15(11-24)21-25-16-9-5-6-10-18(16)27(21)20(23)19(13)17-12-28-22(26-17)14-7-3-2-4-8-14/h2-10,12H,1H3. The average molecular weight is 401 g/mol. The molecule has 0 atom stereocenters. The van der Waals surface area contributed by atoms with Gasteiger partial charge in [0.05, 0.1) is 22.3 Å². The van der Waals surface area contributed by atoms with Crippen LogP contribution in [0.4, 0.5) is 0 Å². The highest BCUT2D eigenvalue weighted by atomic mass is 35.5. The van der Waals surface area contributed by atoms with Crippen molar-refractivity contribution in [3.05, 3.63) is 76.3 Å². The molecule has 5 rings (SSSR count). The molecular formula is C22H13ClN4S. The van der Waals surface area contributed by atoms with Crippen molar-refractivity contribution in [2.45, 2.75) is 6.92 Å². The number of fused-ring (bicyclic) bond motifs is 3. The highest BCUT2D eigenvalue weighted by molar-refractivity contribution is 7.13. The fraction of sp³-hybridized carbons (Fsp3) is 0.0455. The summed E-state index contributed by atoms with van der Waals surface area (Å²) in [7, 11) is 0. The van der Waals surface area contributed by atoms with Crippen LogP contribution in [0.2, 0.25) is 5.15 Å². The molecule has 2 aromatic carbocycles. The molecule has 0 aliphatic heterocycles. The second-order valence-electron chi connectivity index (χ2n) is 6.44. The van der Waals surface area contributed by atoms with E-state index in [2.05, 4.69) is 11.1 Å². The van der Waals surface area contributed by atoms with Crippen LogP contribution >= 0.6 is 22.9 Å². The molecule has 3 aromatic heterocycles. The van der Waals surface area contributed by atoms with Gasteiger partial charge >= 0.3 is 0 Å². The Hall–Kier alpha value is -3.20. The molecule has 0 fully saturated rings. The summed E-state index contributed by atoms with van der Waals surface area (Å²) in [6.45, 7) is 1.90. The van der Waals surface area contributed by atoms with E-state index in [1.807, 2.05) is 71.3 Å². The minimum Gasteiger partial charge on any atom is -0.281 e. The smallest absolute Gasteiger partial charge is 0.157 e. The summed E-state index contributed by atoms with van der Waals surface area (Å²) in [5.74, 6) is 0. The maximum Gasteiger partial charge on any atom is 0.157 e. The van der Waals surface area contributed by atoms with Crippen molar-refractivity contribution in [3.8, 4) is 27.9 Å². The minimum atomic E-state index is 0.518. The molecule has 0 radical (unpaired) electrons. The topological polar surface area (TPSA) is 54.0 Å². The van der Waals surface area contributed by atoms with E-state index in [1.165, 1.54) is 0 Å². The van der Waals surface area contributed by atoms with Gasteiger partial charge in [-0.1, -0.05) is 54.1 Å². The Morgan fingerprint density at radius 2 is 1.79 bits per heavy atom. The maximum absolute atomic E-state index is 9.82. The third kappa shape index (κ3) is 2.43. The lowest BCUT2D eigenvalue weighted by Crippen LogP contribution is -1.99. The molecule has 0 unspecified atom stereocenters. The molecule has 3 heterocycles. The van der Waals surface area contributed by atoms with Crippen molar-refractivity contribution in [2.24, 2.45) is 0 Å². The van der Waals surface area contributed by atoms with Crippen molar-refractivity contribution < 1.29 is 0 Å². The zero-order valence-electron chi connectivity index (χ0n) is 14.8. The molecule has 0 spiro atoms. The molecule has 5 aromatic rings. The lowest BCUT2D eigenvalue weighted by molar-refractivity contribution is 1.18. The molecule has 0 bridgehead atoms. The highest BCUT2D eigenvalue weighted by Gasteiger charge is 2.22. The normalized spacial score (nSPS) is 11.2. The van der Waals surface area contributed by atoms with Crippen LogP contribution in [0, 0.1) is 18.3 Å². The lowest BCUT2D eigenvalue weighted by Gasteiger charge is -2.11. The van der Waals surface area contributed by atoms with Gasteiger partial charge < -0.3 is 0 Å². The summed E-state index contributed by atoms with van der Waals surface area (Å²) in [6.07, 6.45) is 0. The largest absolute Gasteiger partial charge is 0.281 e. The Balaban J connectivity index is 1.82. The van der Waals surface area contributed by atoms with Crippen LogP contribution in [0.1, 0.15) is 11.1 Å². The number of hydrogen-bond acceptors (Lipinski definition) is 4. The second kappa shape index (κ2) is 6.45. The molecular weight excluding hydrogens is 388 g/mol. The van der Waals surface area contributed by atoms with Crippen LogP contribution < -0.4 is 0 Å². The fourth-order valence-electron chi connectivity index (χ4n) is 3.49. The molecule has 0 amide bonds. The first-order valence-electron chi connectivity index (χ1n) is 8.69. The lowest BCUT2D eigenvalue weighted by atomic mass is 10.0. The van der Waals surface area contributed by atoms with Gasteiger partial charge in [-0.05, 0) is 24.6 Å². The number of benzene rings is 2. The third-order valence-corrected chi connectivity index (χ3v) is 6.08. The van der Waals surface area contributed by atoms with Crippen LogP contribution in [-0.2, 0) is 0 Å². The quantitative estimate of drug-likeness (QED) is 0.336. The number of imidazole rings is 1. The Morgan fingerprint density at radius 3 is 2.57 bits per heavy atom. The van der Waals surface area contributed by atoms with E-state index in [4.69, 9.17) is 16.6 Å². The fourth-order valence-corrected chi connectivity index (χ4v) is 4.71. The number of rotatable bonds is 2. The predicted octanol–water partition coefficient (Wildman–Crippen LogP) is 6.11.